The van der Waals surface area contributed by atoms with E-state index < -0.39 is 41.3 Å². The van der Waals surface area contributed by atoms with Crippen molar-refractivity contribution in [2.24, 2.45) is 0 Å². The van der Waals surface area contributed by atoms with Crippen LogP contribution in [-0.4, -0.2) is 63.1 Å². The molecule has 1 fully saturated rings. The highest BCUT2D eigenvalue weighted by Gasteiger charge is 2.45. The van der Waals surface area contributed by atoms with Gasteiger partial charge in [0.1, 0.15) is 30.2 Å². The fourth-order valence-corrected chi connectivity index (χ4v) is 4.00. The average molecular weight is 421 g/mol. The van der Waals surface area contributed by atoms with Crippen molar-refractivity contribution in [3.8, 4) is 0 Å². The second-order valence-electron chi connectivity index (χ2n) is 6.68. The number of rotatable bonds is 5. The molecule has 4 N–H and O–H groups in total. The number of hydrogen-bond donors (Lipinski definition) is 3. The largest absolute Gasteiger partial charge is 0.387 e. The Kier molecular flexibility index (Phi) is 4.96. The van der Waals surface area contributed by atoms with Gasteiger partial charge in [0.2, 0.25) is 0 Å². The van der Waals surface area contributed by atoms with Gasteiger partial charge in [-0.2, -0.15) is 8.42 Å². The van der Waals surface area contributed by atoms with E-state index in [1.807, 2.05) is 6.92 Å². The van der Waals surface area contributed by atoms with Crippen molar-refractivity contribution in [2.45, 2.75) is 36.4 Å². The quantitative estimate of drug-likeness (QED) is 0.468. The van der Waals surface area contributed by atoms with E-state index in [9.17, 15) is 18.6 Å². The normalized spacial score (nSPS) is 24.9. The zero-order chi connectivity index (χ0) is 20.8. The predicted molar refractivity (Wildman–Crippen MR) is 100.0 cm³/mol. The monoisotopic (exact) mass is 421 g/mol. The van der Waals surface area contributed by atoms with Crippen LogP contribution in [0.4, 0.5) is 5.82 Å². The molecule has 3 heterocycles. The number of nitrogens with two attached hydrogens (primary N) is 1. The third-order valence-corrected chi connectivity index (χ3v) is 5.99. The van der Waals surface area contributed by atoms with Crippen LogP contribution in [0.2, 0.25) is 0 Å². The molecule has 11 nitrogen and oxygen atoms in total. The van der Waals surface area contributed by atoms with Crippen molar-refractivity contribution in [1.82, 2.24) is 19.5 Å². The molecule has 154 valence electrons. The van der Waals surface area contributed by atoms with Gasteiger partial charge in [-0.25, -0.2) is 15.0 Å². The number of aryl methyl sites for hydroxylation is 1. The summed E-state index contributed by atoms with van der Waals surface area (Å²) < 4.78 is 36.8. The third-order valence-electron chi connectivity index (χ3n) is 4.70. The Hall–Kier alpha value is -2.64. The number of benzene rings is 1. The van der Waals surface area contributed by atoms with E-state index in [-0.39, 0.29) is 10.7 Å². The molecule has 1 aromatic carbocycles. The number of fused-ring (bicyclic) bond motifs is 1. The molecule has 0 saturated carbocycles. The van der Waals surface area contributed by atoms with Gasteiger partial charge < -0.3 is 20.7 Å². The van der Waals surface area contributed by atoms with E-state index in [1.165, 1.54) is 29.4 Å². The summed E-state index contributed by atoms with van der Waals surface area (Å²) in [6, 6.07) is 6.15. The number of nitrogen functional groups attached to an aromatic ring is 1. The van der Waals surface area contributed by atoms with Gasteiger partial charge >= 0.3 is 0 Å². The van der Waals surface area contributed by atoms with Gasteiger partial charge in [-0.3, -0.25) is 8.75 Å². The Morgan fingerprint density at radius 3 is 2.62 bits per heavy atom. The maximum absolute atomic E-state index is 12.3. The number of aliphatic hydroxyl groups is 2. The molecule has 0 spiro atoms. The molecule has 0 amide bonds. The SMILES string of the molecule is Cc1ccc(S(=O)(=O)OC[C@H]2O[C@@H](n3cnc4c(N)ncnc43)[C@H](O)C2O)cc1. The summed E-state index contributed by atoms with van der Waals surface area (Å²) in [6.07, 6.45) is -2.30. The summed E-state index contributed by atoms with van der Waals surface area (Å²) in [6.45, 7) is 1.36. The molecule has 4 rings (SSSR count). The molecule has 1 saturated heterocycles. The molecule has 1 unspecified atom stereocenters. The lowest BCUT2D eigenvalue weighted by atomic mass is 10.1. The maximum Gasteiger partial charge on any atom is 0.297 e. The standard InChI is InChI=1S/C17H19N5O6S/c1-9-2-4-10(5-3-9)29(25,26)27-6-11-13(23)14(24)17(28-11)22-8-21-12-15(18)19-7-20-16(12)22/h2-5,7-8,11,13-14,17,23-24H,6H2,1H3,(H2,18,19,20)/t11-,13?,14-,17-/m1/s1. The van der Waals surface area contributed by atoms with Crippen LogP contribution in [0.1, 0.15) is 11.8 Å². The van der Waals surface area contributed by atoms with E-state index in [1.54, 1.807) is 12.1 Å². The summed E-state index contributed by atoms with van der Waals surface area (Å²) in [4.78, 5) is 12.0. The van der Waals surface area contributed by atoms with Crippen molar-refractivity contribution >= 4 is 27.1 Å². The van der Waals surface area contributed by atoms with Crippen LogP contribution in [0.25, 0.3) is 11.2 Å². The second kappa shape index (κ2) is 7.31. The first-order valence-electron chi connectivity index (χ1n) is 8.68. The molecule has 12 heteroatoms. The summed E-state index contributed by atoms with van der Waals surface area (Å²) in [7, 11) is -4.05. The van der Waals surface area contributed by atoms with E-state index in [0.29, 0.717) is 11.2 Å². The molecule has 2 aromatic heterocycles. The minimum atomic E-state index is -4.05. The van der Waals surface area contributed by atoms with Gasteiger partial charge in [0.25, 0.3) is 10.1 Å². The van der Waals surface area contributed by atoms with Crippen molar-refractivity contribution in [2.75, 3.05) is 12.3 Å². The van der Waals surface area contributed by atoms with Gasteiger partial charge in [-0.05, 0) is 19.1 Å². The second-order valence-corrected chi connectivity index (χ2v) is 8.30. The Balaban J connectivity index is 1.51. The number of ether oxygens (including phenoxy) is 1. The number of nitrogens with zero attached hydrogens (tertiary/aromatic N) is 4. The molecular weight excluding hydrogens is 402 g/mol. The highest BCUT2D eigenvalue weighted by molar-refractivity contribution is 7.86. The zero-order valence-corrected chi connectivity index (χ0v) is 16.1. The summed E-state index contributed by atoms with van der Waals surface area (Å²) in [5, 5.41) is 20.7. The molecule has 29 heavy (non-hydrogen) atoms. The van der Waals surface area contributed by atoms with E-state index in [0.717, 1.165) is 5.56 Å². The smallest absolute Gasteiger partial charge is 0.297 e. The number of hydrogen-bond acceptors (Lipinski definition) is 10. The lowest BCUT2D eigenvalue weighted by molar-refractivity contribution is -0.0467. The predicted octanol–water partition coefficient (Wildman–Crippen LogP) is -0.258. The fourth-order valence-electron chi connectivity index (χ4n) is 3.08. The molecular formula is C17H19N5O6S. The van der Waals surface area contributed by atoms with Crippen LogP contribution >= 0.6 is 0 Å². The first-order chi connectivity index (χ1) is 13.8. The molecule has 3 aromatic rings. The van der Waals surface area contributed by atoms with Crippen LogP contribution in [0.3, 0.4) is 0 Å². The third kappa shape index (κ3) is 3.56. The fraction of sp³-hybridized carbons (Fsp3) is 0.353. The first kappa shape index (κ1) is 19.7. The van der Waals surface area contributed by atoms with Gasteiger partial charge in [-0.15, -0.1) is 0 Å². The lowest BCUT2D eigenvalue weighted by Gasteiger charge is -2.16. The Morgan fingerprint density at radius 1 is 1.17 bits per heavy atom. The van der Waals surface area contributed by atoms with E-state index >= 15 is 0 Å². The van der Waals surface area contributed by atoms with Gasteiger partial charge in [0, 0.05) is 0 Å². The Bertz CT molecular complexity index is 1130. The Morgan fingerprint density at radius 2 is 1.90 bits per heavy atom. The van der Waals surface area contributed by atoms with Gasteiger partial charge in [0.15, 0.2) is 17.7 Å². The van der Waals surface area contributed by atoms with Crippen LogP contribution in [-0.2, 0) is 19.0 Å². The van der Waals surface area contributed by atoms with E-state index in [4.69, 9.17) is 14.7 Å². The van der Waals surface area contributed by atoms with Crippen LogP contribution < -0.4 is 5.73 Å². The zero-order valence-electron chi connectivity index (χ0n) is 15.3. The highest BCUT2D eigenvalue weighted by Crippen LogP contribution is 2.32. The van der Waals surface area contributed by atoms with Gasteiger partial charge in [0.05, 0.1) is 17.8 Å². The molecule has 1 aliphatic rings. The van der Waals surface area contributed by atoms with Crippen LogP contribution in [0.15, 0.2) is 41.8 Å². The van der Waals surface area contributed by atoms with Gasteiger partial charge in [-0.1, -0.05) is 17.7 Å². The van der Waals surface area contributed by atoms with Crippen LogP contribution in [0.5, 0.6) is 0 Å². The number of aromatic nitrogens is 4. The molecule has 0 radical (unpaired) electrons. The summed E-state index contributed by atoms with van der Waals surface area (Å²) in [5.41, 5.74) is 7.28. The van der Waals surface area contributed by atoms with Crippen molar-refractivity contribution < 1.29 is 27.6 Å². The number of aliphatic hydroxyl groups excluding tert-OH is 2. The molecule has 0 aliphatic carbocycles. The highest BCUT2D eigenvalue weighted by atomic mass is 32.2. The summed E-state index contributed by atoms with van der Waals surface area (Å²) >= 11 is 0. The maximum atomic E-state index is 12.3. The minimum Gasteiger partial charge on any atom is -0.387 e. The topological polar surface area (TPSA) is 163 Å². The number of imidazole rings is 1. The first-order valence-corrected chi connectivity index (χ1v) is 10.1. The molecule has 4 atom stereocenters. The minimum absolute atomic E-state index is 0.0135. The lowest BCUT2D eigenvalue weighted by Crippen LogP contribution is -2.34. The van der Waals surface area contributed by atoms with Crippen molar-refractivity contribution in [3.05, 3.63) is 42.5 Å². The molecule has 0 bridgehead atoms. The van der Waals surface area contributed by atoms with Crippen LogP contribution in [0, 0.1) is 6.92 Å². The van der Waals surface area contributed by atoms with E-state index in [2.05, 4.69) is 15.0 Å². The summed E-state index contributed by atoms with van der Waals surface area (Å²) in [5.74, 6) is 0.158. The average Bonchev–Trinajstić information content (AvgIpc) is 3.24. The number of anilines is 1. The Labute approximate surface area is 165 Å². The van der Waals surface area contributed by atoms with Crippen molar-refractivity contribution in [3.63, 3.8) is 0 Å². The van der Waals surface area contributed by atoms with Crippen molar-refractivity contribution in [1.29, 1.82) is 0 Å². The molecule has 1 aliphatic heterocycles.